The van der Waals surface area contributed by atoms with Crippen LogP contribution in [0, 0.1) is 26.6 Å². The predicted molar refractivity (Wildman–Crippen MR) is 183 cm³/mol. The van der Waals surface area contributed by atoms with Gasteiger partial charge in [-0.2, -0.15) is 0 Å². The Kier molecular flexibility index (Phi) is 10.8. The van der Waals surface area contributed by atoms with Crippen LogP contribution < -0.4 is 9.62 Å². The van der Waals surface area contributed by atoms with Gasteiger partial charge in [0.15, 0.2) is 0 Å². The van der Waals surface area contributed by atoms with E-state index in [1.54, 1.807) is 36.4 Å². The molecule has 7 nitrogen and oxygen atoms in total. The van der Waals surface area contributed by atoms with Crippen molar-refractivity contribution in [3.63, 3.8) is 0 Å². The highest BCUT2D eigenvalue weighted by Gasteiger charge is 2.35. The van der Waals surface area contributed by atoms with E-state index in [-0.39, 0.29) is 29.8 Å². The maximum absolute atomic E-state index is 14.6. The lowest BCUT2D eigenvalue weighted by Gasteiger charge is -2.34. The quantitative estimate of drug-likeness (QED) is 0.185. The Labute approximate surface area is 277 Å². The monoisotopic (exact) mass is 655 g/mol. The van der Waals surface area contributed by atoms with Crippen molar-refractivity contribution in [1.29, 1.82) is 0 Å². The van der Waals surface area contributed by atoms with Gasteiger partial charge in [-0.15, -0.1) is 0 Å². The van der Waals surface area contributed by atoms with Crippen molar-refractivity contribution < 1.29 is 22.4 Å². The number of carbonyl (C=O) groups is 2. The van der Waals surface area contributed by atoms with Crippen molar-refractivity contribution in [2.24, 2.45) is 0 Å². The summed E-state index contributed by atoms with van der Waals surface area (Å²) in [6.45, 7) is 5.14. The topological polar surface area (TPSA) is 86.8 Å². The molecular weight excluding hydrogens is 614 g/mol. The summed E-state index contributed by atoms with van der Waals surface area (Å²) in [5, 5.41) is 3.16. The zero-order valence-corrected chi connectivity index (χ0v) is 28.0. The van der Waals surface area contributed by atoms with Gasteiger partial charge in [0.1, 0.15) is 18.4 Å². The Morgan fingerprint density at radius 2 is 1.49 bits per heavy atom. The maximum Gasteiger partial charge on any atom is 0.264 e. The third kappa shape index (κ3) is 8.46. The standard InChI is InChI=1S/C38H42FN3O4S/c1-27-13-21-35(22-14-27)47(45,46)42(34-20-15-28(2)29(3)23-34)26-37(43)41(25-31-16-18-32(39)19-17-31)36(24-30-9-5-4-6-10-30)38(44)40-33-11-7-8-12-33/h4-6,9-10,13-23,33,36H,7-8,11-12,24-26H2,1-3H3,(H,40,44)/t36-/m0/s1. The molecule has 4 aromatic carbocycles. The number of sulfonamides is 1. The van der Waals surface area contributed by atoms with Crippen molar-refractivity contribution in [3.8, 4) is 0 Å². The van der Waals surface area contributed by atoms with E-state index in [0.717, 1.165) is 52.2 Å². The molecule has 0 bridgehead atoms. The molecule has 1 N–H and O–H groups in total. The molecule has 246 valence electrons. The van der Waals surface area contributed by atoms with E-state index >= 15 is 0 Å². The van der Waals surface area contributed by atoms with Crippen molar-refractivity contribution >= 4 is 27.5 Å². The fraction of sp³-hybridized carbons (Fsp3) is 0.316. The molecule has 1 saturated carbocycles. The summed E-state index contributed by atoms with van der Waals surface area (Å²) < 4.78 is 43.5. The third-order valence-corrected chi connectivity index (χ3v) is 10.7. The molecule has 1 aliphatic rings. The van der Waals surface area contributed by atoms with Crippen LogP contribution in [-0.2, 0) is 32.6 Å². The molecular formula is C38H42FN3O4S. The van der Waals surface area contributed by atoms with Gasteiger partial charge in [0.2, 0.25) is 11.8 Å². The molecule has 1 atom stereocenters. The van der Waals surface area contributed by atoms with Crippen LogP contribution in [0.3, 0.4) is 0 Å². The molecule has 1 aliphatic carbocycles. The molecule has 5 rings (SSSR count). The second-order valence-corrected chi connectivity index (χ2v) is 14.3. The highest BCUT2D eigenvalue weighted by atomic mass is 32.2. The number of amides is 2. The van der Waals surface area contributed by atoms with Crippen LogP contribution in [0.25, 0.3) is 0 Å². The SMILES string of the molecule is Cc1ccc(S(=O)(=O)N(CC(=O)N(Cc2ccc(F)cc2)[C@@H](Cc2ccccc2)C(=O)NC2CCCC2)c2ccc(C)c(C)c2)cc1. The summed E-state index contributed by atoms with van der Waals surface area (Å²) in [5.74, 6) is -1.27. The first-order valence-electron chi connectivity index (χ1n) is 16.1. The summed E-state index contributed by atoms with van der Waals surface area (Å²) >= 11 is 0. The van der Waals surface area contributed by atoms with E-state index in [9.17, 15) is 22.4 Å². The molecule has 0 aromatic heterocycles. The summed E-state index contributed by atoms with van der Waals surface area (Å²) in [4.78, 5) is 30.2. The number of nitrogens with one attached hydrogen (secondary N) is 1. The van der Waals surface area contributed by atoms with Crippen molar-refractivity contribution in [1.82, 2.24) is 10.2 Å². The average Bonchev–Trinajstić information content (AvgIpc) is 3.57. The number of benzene rings is 4. The van der Waals surface area contributed by atoms with Gasteiger partial charge in [0.25, 0.3) is 10.0 Å². The molecule has 47 heavy (non-hydrogen) atoms. The van der Waals surface area contributed by atoms with E-state index in [1.807, 2.05) is 57.2 Å². The molecule has 1 fully saturated rings. The number of nitrogens with zero attached hydrogens (tertiary/aromatic N) is 2. The normalized spacial score (nSPS) is 14.0. The van der Waals surface area contributed by atoms with Gasteiger partial charge in [-0.3, -0.25) is 13.9 Å². The van der Waals surface area contributed by atoms with E-state index < -0.39 is 34.3 Å². The lowest BCUT2D eigenvalue weighted by molar-refractivity contribution is -0.140. The van der Waals surface area contributed by atoms with Gasteiger partial charge in [-0.05, 0) is 92.3 Å². The van der Waals surface area contributed by atoms with Gasteiger partial charge >= 0.3 is 0 Å². The number of anilines is 1. The van der Waals surface area contributed by atoms with Crippen LogP contribution >= 0.6 is 0 Å². The van der Waals surface area contributed by atoms with Crippen LogP contribution in [-0.4, -0.2) is 43.8 Å². The molecule has 0 saturated heterocycles. The van der Waals surface area contributed by atoms with Gasteiger partial charge < -0.3 is 10.2 Å². The first-order chi connectivity index (χ1) is 22.5. The van der Waals surface area contributed by atoms with Crippen LogP contribution in [0.2, 0.25) is 0 Å². The molecule has 9 heteroatoms. The Balaban J connectivity index is 1.57. The molecule has 0 spiro atoms. The Bertz CT molecular complexity index is 1790. The van der Waals surface area contributed by atoms with Crippen LogP contribution in [0.5, 0.6) is 0 Å². The summed E-state index contributed by atoms with van der Waals surface area (Å²) in [6, 6.07) is 26.1. The highest BCUT2D eigenvalue weighted by Crippen LogP contribution is 2.27. The number of carbonyl (C=O) groups excluding carboxylic acids is 2. The first kappa shape index (κ1) is 33.9. The minimum atomic E-state index is -4.20. The smallest absolute Gasteiger partial charge is 0.264 e. The molecule has 4 aromatic rings. The largest absolute Gasteiger partial charge is 0.352 e. The van der Waals surface area contributed by atoms with Gasteiger partial charge in [0, 0.05) is 19.0 Å². The minimum absolute atomic E-state index is 0.0116. The van der Waals surface area contributed by atoms with Crippen molar-refractivity contribution in [2.45, 2.75) is 76.4 Å². The minimum Gasteiger partial charge on any atom is -0.352 e. The number of halogens is 1. The second kappa shape index (κ2) is 14.9. The van der Waals surface area contributed by atoms with Gasteiger partial charge in [-0.1, -0.05) is 79.1 Å². The van der Waals surface area contributed by atoms with Crippen LogP contribution in [0.1, 0.15) is 53.5 Å². The maximum atomic E-state index is 14.6. The molecule has 2 amide bonds. The summed E-state index contributed by atoms with van der Waals surface area (Å²) in [7, 11) is -4.20. The van der Waals surface area contributed by atoms with Gasteiger partial charge in [-0.25, -0.2) is 12.8 Å². The van der Waals surface area contributed by atoms with E-state index in [4.69, 9.17) is 0 Å². The zero-order chi connectivity index (χ0) is 33.6. The lowest BCUT2D eigenvalue weighted by atomic mass is 10.0. The average molecular weight is 656 g/mol. The number of hydrogen-bond donors (Lipinski definition) is 1. The first-order valence-corrected chi connectivity index (χ1v) is 17.5. The zero-order valence-electron chi connectivity index (χ0n) is 27.2. The molecule has 0 unspecified atom stereocenters. The van der Waals surface area contributed by atoms with E-state index in [2.05, 4.69) is 5.32 Å². The highest BCUT2D eigenvalue weighted by molar-refractivity contribution is 7.92. The lowest BCUT2D eigenvalue weighted by Crippen LogP contribution is -2.54. The van der Waals surface area contributed by atoms with Crippen LogP contribution in [0.15, 0.2) is 102 Å². The Morgan fingerprint density at radius 3 is 2.13 bits per heavy atom. The van der Waals surface area contributed by atoms with E-state index in [1.165, 1.54) is 29.2 Å². The third-order valence-electron chi connectivity index (χ3n) is 8.91. The summed E-state index contributed by atoms with van der Waals surface area (Å²) in [6.07, 6.45) is 4.00. The molecule has 0 heterocycles. The number of rotatable bonds is 12. The predicted octanol–water partition coefficient (Wildman–Crippen LogP) is 6.65. The van der Waals surface area contributed by atoms with Crippen molar-refractivity contribution in [3.05, 3.63) is 131 Å². The summed E-state index contributed by atoms with van der Waals surface area (Å²) in [5.41, 5.74) is 4.58. The molecule has 0 radical (unpaired) electrons. The second-order valence-electron chi connectivity index (χ2n) is 12.4. The van der Waals surface area contributed by atoms with Crippen LogP contribution in [0.4, 0.5) is 10.1 Å². The van der Waals surface area contributed by atoms with Crippen molar-refractivity contribution in [2.75, 3.05) is 10.8 Å². The fourth-order valence-corrected chi connectivity index (χ4v) is 7.36. The Hall–Kier alpha value is -4.50. The molecule has 0 aliphatic heterocycles. The van der Waals surface area contributed by atoms with E-state index in [0.29, 0.717) is 11.3 Å². The Morgan fingerprint density at radius 1 is 0.830 bits per heavy atom. The number of hydrogen-bond acceptors (Lipinski definition) is 4. The fourth-order valence-electron chi connectivity index (χ4n) is 5.95. The van der Waals surface area contributed by atoms with Gasteiger partial charge in [0.05, 0.1) is 10.6 Å². The number of aryl methyl sites for hydroxylation is 3.